The van der Waals surface area contributed by atoms with Gasteiger partial charge >= 0.3 is 6.18 Å². The number of hydrogen-bond donors (Lipinski definition) is 0. The highest BCUT2D eigenvalue weighted by Gasteiger charge is 2.40. The Balaban J connectivity index is 2.86. The monoisotopic (exact) mass is 321 g/mol. The van der Waals surface area contributed by atoms with Crippen molar-refractivity contribution in [2.75, 3.05) is 24.7 Å². The van der Waals surface area contributed by atoms with E-state index in [1.54, 1.807) is 0 Å². The summed E-state index contributed by atoms with van der Waals surface area (Å²) in [6.45, 7) is -1.78. The molecule has 0 aromatic carbocycles. The topological polar surface area (TPSA) is 54.5 Å². The maximum Gasteiger partial charge on any atom is 0.406 e. The number of nitrogens with zero attached hydrogens (tertiary/aromatic N) is 1. The highest BCUT2D eigenvalue weighted by atomic mass is 35.5. The summed E-state index contributed by atoms with van der Waals surface area (Å²) in [7, 11) is -3.64. The van der Waals surface area contributed by atoms with Gasteiger partial charge in [0.05, 0.1) is 5.75 Å². The summed E-state index contributed by atoms with van der Waals surface area (Å²) in [5.41, 5.74) is 0. The maximum atomic E-state index is 12.4. The van der Waals surface area contributed by atoms with Crippen LogP contribution in [0.25, 0.3) is 0 Å². The van der Waals surface area contributed by atoms with Crippen LogP contribution in [0.15, 0.2) is 0 Å². The summed E-state index contributed by atoms with van der Waals surface area (Å²) >= 11 is 5.37. The molecule has 0 saturated carbocycles. The molecule has 0 aromatic rings. The van der Waals surface area contributed by atoms with Gasteiger partial charge in [-0.2, -0.15) is 13.2 Å². The lowest BCUT2D eigenvalue weighted by Crippen LogP contribution is -2.49. The number of sulfone groups is 1. The third-order valence-corrected chi connectivity index (χ3v) is 5.22. The molecular weight excluding hydrogens is 307 g/mol. The lowest BCUT2D eigenvalue weighted by atomic mass is 10.1. The largest absolute Gasteiger partial charge is 0.406 e. The van der Waals surface area contributed by atoms with E-state index in [1.807, 2.05) is 0 Å². The van der Waals surface area contributed by atoms with Gasteiger partial charge in [0.2, 0.25) is 5.91 Å². The van der Waals surface area contributed by atoms with E-state index < -0.39 is 33.7 Å². The van der Waals surface area contributed by atoms with Crippen molar-refractivity contribution in [2.24, 2.45) is 0 Å². The van der Waals surface area contributed by atoms with E-state index in [-0.39, 0.29) is 24.6 Å². The molecule has 4 nitrogen and oxygen atoms in total. The van der Waals surface area contributed by atoms with Crippen molar-refractivity contribution in [1.82, 2.24) is 4.90 Å². The molecule has 1 aliphatic rings. The molecule has 1 fully saturated rings. The summed E-state index contributed by atoms with van der Waals surface area (Å²) in [4.78, 5) is 12.5. The van der Waals surface area contributed by atoms with Crippen LogP contribution in [0.5, 0.6) is 0 Å². The number of carbonyl (C=O) groups is 1. The number of halogens is 4. The van der Waals surface area contributed by atoms with Crippen LogP contribution >= 0.6 is 11.6 Å². The molecule has 1 saturated heterocycles. The van der Waals surface area contributed by atoms with E-state index in [4.69, 9.17) is 11.6 Å². The molecule has 1 heterocycles. The van der Waals surface area contributed by atoms with Crippen molar-refractivity contribution in [3.05, 3.63) is 0 Å². The molecule has 0 bridgehead atoms. The molecule has 0 radical (unpaired) electrons. The van der Waals surface area contributed by atoms with Crippen molar-refractivity contribution in [3.63, 3.8) is 0 Å². The van der Waals surface area contributed by atoms with Crippen LogP contribution in [-0.2, 0) is 14.6 Å². The zero-order valence-corrected chi connectivity index (χ0v) is 11.7. The molecule has 0 aliphatic carbocycles. The smallest absolute Gasteiger partial charge is 0.331 e. The van der Waals surface area contributed by atoms with Gasteiger partial charge in [-0.15, -0.1) is 11.6 Å². The lowest BCUT2D eigenvalue weighted by molar-refractivity contribution is -0.160. The predicted octanol–water partition coefficient (Wildman–Crippen LogP) is 1.58. The minimum Gasteiger partial charge on any atom is -0.331 e. The van der Waals surface area contributed by atoms with Crippen LogP contribution in [0.1, 0.15) is 19.3 Å². The normalized spacial score (nSPS) is 23.1. The minimum absolute atomic E-state index is 0.0812. The number of rotatable bonds is 4. The molecule has 1 atom stereocenters. The summed E-state index contributed by atoms with van der Waals surface area (Å²) in [5.74, 6) is -1.31. The first-order valence-corrected chi connectivity index (χ1v) is 8.05. The minimum atomic E-state index is -4.57. The molecule has 1 amide bonds. The average Bonchev–Trinajstić information content (AvgIpc) is 2.25. The molecule has 9 heteroatoms. The molecule has 112 valence electrons. The molecular formula is C10H15ClF3NO3S. The van der Waals surface area contributed by atoms with E-state index in [0.29, 0.717) is 17.7 Å². The molecule has 19 heavy (non-hydrogen) atoms. The van der Waals surface area contributed by atoms with Crippen molar-refractivity contribution in [1.29, 1.82) is 0 Å². The Kier molecular flexibility index (Phi) is 5.49. The van der Waals surface area contributed by atoms with Gasteiger partial charge in [-0.05, 0) is 12.8 Å². The van der Waals surface area contributed by atoms with Crippen LogP contribution in [0.3, 0.4) is 0 Å². The highest BCUT2D eigenvalue weighted by molar-refractivity contribution is 7.92. The molecule has 1 rings (SSSR count). The number of amides is 1. The van der Waals surface area contributed by atoms with Crippen molar-refractivity contribution < 1.29 is 26.4 Å². The Morgan fingerprint density at radius 1 is 1.32 bits per heavy atom. The Hall–Kier alpha value is -0.500. The first-order chi connectivity index (χ1) is 8.67. The molecule has 0 spiro atoms. The number of carbonyl (C=O) groups excluding carboxylic acids is 1. The SMILES string of the molecule is O=C(C1CCCCS1(=O)=O)N(CCCl)CC(F)(F)F. The van der Waals surface area contributed by atoms with Gasteiger partial charge in [0.1, 0.15) is 11.8 Å². The Morgan fingerprint density at radius 2 is 1.95 bits per heavy atom. The van der Waals surface area contributed by atoms with Crippen LogP contribution < -0.4 is 0 Å². The van der Waals surface area contributed by atoms with Gasteiger partial charge in [-0.1, -0.05) is 6.42 Å². The zero-order valence-electron chi connectivity index (χ0n) is 10.1. The number of hydrogen-bond acceptors (Lipinski definition) is 3. The number of alkyl halides is 4. The second kappa shape index (κ2) is 6.30. The standard InChI is InChI=1S/C10H15ClF3NO3S/c11-4-5-15(7-10(12,13)14)9(16)8-3-1-2-6-19(8,17)18/h8H,1-7H2. The molecule has 0 N–H and O–H groups in total. The van der Waals surface area contributed by atoms with Gasteiger partial charge in [0, 0.05) is 12.4 Å². The fourth-order valence-electron chi connectivity index (χ4n) is 2.02. The Bertz CT molecular complexity index is 424. The van der Waals surface area contributed by atoms with Gasteiger partial charge in [0.15, 0.2) is 9.84 Å². The van der Waals surface area contributed by atoms with Crippen LogP contribution in [0.4, 0.5) is 13.2 Å². The van der Waals surface area contributed by atoms with Crippen LogP contribution in [-0.4, -0.2) is 55.4 Å². The fraction of sp³-hybridized carbons (Fsp3) is 0.900. The average molecular weight is 322 g/mol. The van der Waals surface area contributed by atoms with E-state index in [1.165, 1.54) is 0 Å². The maximum absolute atomic E-state index is 12.4. The first kappa shape index (κ1) is 16.6. The molecule has 1 unspecified atom stereocenters. The van der Waals surface area contributed by atoms with Crippen molar-refractivity contribution >= 4 is 27.3 Å². The zero-order chi connectivity index (χ0) is 14.7. The fourth-order valence-corrected chi connectivity index (χ4v) is 4.10. The third kappa shape index (κ3) is 4.83. The summed E-state index contributed by atoms with van der Waals surface area (Å²) in [6, 6.07) is 0. The summed E-state index contributed by atoms with van der Waals surface area (Å²) in [6.07, 6.45) is -3.52. The van der Waals surface area contributed by atoms with E-state index >= 15 is 0 Å². The van der Waals surface area contributed by atoms with Gasteiger partial charge in [-0.25, -0.2) is 8.42 Å². The van der Waals surface area contributed by atoms with E-state index in [9.17, 15) is 26.4 Å². The van der Waals surface area contributed by atoms with E-state index in [2.05, 4.69) is 0 Å². The highest BCUT2D eigenvalue weighted by Crippen LogP contribution is 2.24. The summed E-state index contributed by atoms with van der Waals surface area (Å²) < 4.78 is 60.6. The van der Waals surface area contributed by atoms with Gasteiger partial charge < -0.3 is 4.90 Å². The van der Waals surface area contributed by atoms with Crippen molar-refractivity contribution in [3.8, 4) is 0 Å². The lowest BCUT2D eigenvalue weighted by Gasteiger charge is -2.29. The second-order valence-corrected chi connectivity index (χ2v) is 7.10. The van der Waals surface area contributed by atoms with Crippen molar-refractivity contribution in [2.45, 2.75) is 30.7 Å². The van der Waals surface area contributed by atoms with Gasteiger partial charge in [-0.3, -0.25) is 4.79 Å². The Morgan fingerprint density at radius 3 is 2.42 bits per heavy atom. The quantitative estimate of drug-likeness (QED) is 0.739. The third-order valence-electron chi connectivity index (χ3n) is 2.89. The summed E-state index contributed by atoms with van der Waals surface area (Å²) in [5, 5.41) is -1.35. The Labute approximate surface area is 114 Å². The molecule has 1 aliphatic heterocycles. The predicted molar refractivity (Wildman–Crippen MR) is 64.8 cm³/mol. The van der Waals surface area contributed by atoms with E-state index in [0.717, 1.165) is 0 Å². The van der Waals surface area contributed by atoms with Gasteiger partial charge in [0.25, 0.3) is 0 Å². The van der Waals surface area contributed by atoms with Crippen LogP contribution in [0.2, 0.25) is 0 Å². The second-order valence-electron chi connectivity index (χ2n) is 4.42. The van der Waals surface area contributed by atoms with Crippen LogP contribution in [0, 0.1) is 0 Å². The first-order valence-electron chi connectivity index (χ1n) is 5.80. The molecule has 0 aromatic heterocycles.